The summed E-state index contributed by atoms with van der Waals surface area (Å²) in [6.07, 6.45) is -0.0699. The maximum absolute atomic E-state index is 12.1. The summed E-state index contributed by atoms with van der Waals surface area (Å²) in [6, 6.07) is 13.4. The Bertz CT molecular complexity index is 975. The first-order valence-corrected chi connectivity index (χ1v) is 9.27. The van der Waals surface area contributed by atoms with Gasteiger partial charge in [-0.05, 0) is 30.3 Å². The number of fused-ring (bicyclic) bond motifs is 1. The summed E-state index contributed by atoms with van der Waals surface area (Å²) in [4.78, 5) is 49.2. The maximum atomic E-state index is 12.1. The van der Waals surface area contributed by atoms with Gasteiger partial charge in [0.1, 0.15) is 5.75 Å². The molecule has 2 aromatic rings. The standard InChI is InChI=1S/C21H21N3O6/c1-22-21(28)14-5-4-6-15(11-14)23-18(25)12-30-20(27)9-10-24-16-7-2-3-8-17(16)29-13-19(24)26/h2-8,11H,9-10,12-13H2,1H3,(H,22,28)(H,23,25). The van der Waals surface area contributed by atoms with Crippen molar-refractivity contribution in [2.75, 3.05) is 37.0 Å². The van der Waals surface area contributed by atoms with Crippen LogP contribution in [0.4, 0.5) is 11.4 Å². The Hall–Kier alpha value is -3.88. The molecule has 3 amide bonds. The maximum Gasteiger partial charge on any atom is 0.308 e. The van der Waals surface area contributed by atoms with Crippen molar-refractivity contribution in [1.82, 2.24) is 5.32 Å². The van der Waals surface area contributed by atoms with Crippen LogP contribution in [0.15, 0.2) is 48.5 Å². The average Bonchev–Trinajstić information content (AvgIpc) is 2.76. The van der Waals surface area contributed by atoms with Crippen LogP contribution in [0.5, 0.6) is 5.75 Å². The van der Waals surface area contributed by atoms with E-state index in [1.54, 1.807) is 42.5 Å². The van der Waals surface area contributed by atoms with Crippen molar-refractivity contribution in [3.63, 3.8) is 0 Å². The van der Waals surface area contributed by atoms with E-state index in [0.717, 1.165) is 0 Å². The van der Waals surface area contributed by atoms with Gasteiger partial charge in [-0.3, -0.25) is 19.2 Å². The van der Waals surface area contributed by atoms with Crippen molar-refractivity contribution < 1.29 is 28.7 Å². The second kappa shape index (κ2) is 9.55. The minimum atomic E-state index is -0.610. The van der Waals surface area contributed by atoms with E-state index in [9.17, 15) is 19.2 Å². The Labute approximate surface area is 172 Å². The molecular weight excluding hydrogens is 390 g/mol. The lowest BCUT2D eigenvalue weighted by molar-refractivity contribution is -0.147. The molecule has 0 atom stereocenters. The molecule has 1 aliphatic heterocycles. The predicted molar refractivity (Wildman–Crippen MR) is 108 cm³/mol. The van der Waals surface area contributed by atoms with Crippen LogP contribution in [0.2, 0.25) is 0 Å². The van der Waals surface area contributed by atoms with Crippen LogP contribution in [-0.4, -0.2) is 50.5 Å². The Kier molecular flexibility index (Phi) is 6.63. The third-order valence-electron chi connectivity index (χ3n) is 4.35. The number of nitrogens with zero attached hydrogens (tertiary/aromatic N) is 1. The summed E-state index contributed by atoms with van der Waals surface area (Å²) in [7, 11) is 1.51. The lowest BCUT2D eigenvalue weighted by atomic mass is 10.2. The molecule has 0 unspecified atom stereocenters. The van der Waals surface area contributed by atoms with Crippen LogP contribution in [0.25, 0.3) is 0 Å². The van der Waals surface area contributed by atoms with Gasteiger partial charge in [0.05, 0.1) is 12.1 Å². The number of hydrogen-bond acceptors (Lipinski definition) is 6. The topological polar surface area (TPSA) is 114 Å². The van der Waals surface area contributed by atoms with Gasteiger partial charge in [0, 0.05) is 24.8 Å². The van der Waals surface area contributed by atoms with Gasteiger partial charge in [0.25, 0.3) is 17.7 Å². The van der Waals surface area contributed by atoms with Gasteiger partial charge >= 0.3 is 5.97 Å². The minimum absolute atomic E-state index is 0.0699. The molecule has 0 spiro atoms. The largest absolute Gasteiger partial charge is 0.482 e. The lowest BCUT2D eigenvalue weighted by Crippen LogP contribution is -2.40. The predicted octanol–water partition coefficient (Wildman–Crippen LogP) is 1.34. The van der Waals surface area contributed by atoms with Crippen molar-refractivity contribution in [1.29, 1.82) is 0 Å². The molecule has 0 saturated heterocycles. The van der Waals surface area contributed by atoms with Crippen LogP contribution in [-0.2, 0) is 19.1 Å². The third kappa shape index (κ3) is 5.13. The van der Waals surface area contributed by atoms with Gasteiger partial charge in [-0.2, -0.15) is 0 Å². The fourth-order valence-corrected chi connectivity index (χ4v) is 2.90. The van der Waals surface area contributed by atoms with E-state index in [0.29, 0.717) is 22.7 Å². The van der Waals surface area contributed by atoms with Gasteiger partial charge in [-0.15, -0.1) is 0 Å². The number of hydrogen-bond donors (Lipinski definition) is 2. The van der Waals surface area contributed by atoms with Crippen molar-refractivity contribution in [3.05, 3.63) is 54.1 Å². The molecule has 9 heteroatoms. The van der Waals surface area contributed by atoms with Crippen molar-refractivity contribution in [3.8, 4) is 5.75 Å². The number of benzene rings is 2. The Balaban J connectivity index is 1.48. The van der Waals surface area contributed by atoms with E-state index in [2.05, 4.69) is 10.6 Å². The summed E-state index contributed by atoms with van der Waals surface area (Å²) >= 11 is 0. The highest BCUT2D eigenvalue weighted by molar-refractivity contribution is 5.99. The van der Waals surface area contributed by atoms with Crippen LogP contribution in [0, 0.1) is 0 Å². The molecule has 9 nitrogen and oxygen atoms in total. The van der Waals surface area contributed by atoms with Gasteiger partial charge in [0.15, 0.2) is 13.2 Å². The molecule has 2 aromatic carbocycles. The number of carbonyl (C=O) groups is 4. The molecular formula is C21H21N3O6. The molecule has 0 radical (unpaired) electrons. The molecule has 3 rings (SSSR count). The summed E-state index contributed by atoms with van der Waals surface area (Å²) in [5, 5.41) is 5.06. The smallest absolute Gasteiger partial charge is 0.308 e. The van der Waals surface area contributed by atoms with Crippen LogP contribution in [0.1, 0.15) is 16.8 Å². The minimum Gasteiger partial charge on any atom is -0.482 e. The molecule has 30 heavy (non-hydrogen) atoms. The number of carbonyl (C=O) groups excluding carboxylic acids is 4. The molecule has 0 aromatic heterocycles. The Morgan fingerprint density at radius 2 is 1.93 bits per heavy atom. The van der Waals surface area contributed by atoms with E-state index < -0.39 is 18.5 Å². The number of anilines is 2. The van der Waals surface area contributed by atoms with E-state index >= 15 is 0 Å². The second-order valence-corrected chi connectivity index (χ2v) is 6.42. The molecule has 0 saturated carbocycles. The molecule has 2 N–H and O–H groups in total. The zero-order valence-corrected chi connectivity index (χ0v) is 16.3. The van der Waals surface area contributed by atoms with Crippen molar-refractivity contribution in [2.24, 2.45) is 0 Å². The highest BCUT2D eigenvalue weighted by Gasteiger charge is 2.25. The normalized spacial score (nSPS) is 12.4. The van der Waals surface area contributed by atoms with E-state index in [1.165, 1.54) is 18.0 Å². The Morgan fingerprint density at radius 1 is 1.13 bits per heavy atom. The monoisotopic (exact) mass is 411 g/mol. The highest BCUT2D eigenvalue weighted by Crippen LogP contribution is 2.31. The van der Waals surface area contributed by atoms with E-state index in [-0.39, 0.29) is 31.4 Å². The average molecular weight is 411 g/mol. The van der Waals surface area contributed by atoms with Crippen LogP contribution in [0.3, 0.4) is 0 Å². The first-order chi connectivity index (χ1) is 14.5. The van der Waals surface area contributed by atoms with Crippen molar-refractivity contribution in [2.45, 2.75) is 6.42 Å². The highest BCUT2D eigenvalue weighted by atomic mass is 16.5. The van der Waals surface area contributed by atoms with Crippen LogP contribution >= 0.6 is 0 Å². The number of rotatable bonds is 7. The zero-order chi connectivity index (χ0) is 21.5. The van der Waals surface area contributed by atoms with Gasteiger partial charge in [0.2, 0.25) is 0 Å². The van der Waals surface area contributed by atoms with E-state index in [1.807, 2.05) is 0 Å². The van der Waals surface area contributed by atoms with Crippen molar-refractivity contribution >= 4 is 35.1 Å². The fraction of sp³-hybridized carbons (Fsp3) is 0.238. The SMILES string of the molecule is CNC(=O)c1cccc(NC(=O)COC(=O)CCN2C(=O)COc3ccccc32)c1. The molecule has 0 bridgehead atoms. The third-order valence-corrected chi connectivity index (χ3v) is 4.35. The lowest BCUT2D eigenvalue weighted by Gasteiger charge is -2.28. The molecule has 1 heterocycles. The Morgan fingerprint density at radius 3 is 2.73 bits per heavy atom. The molecule has 1 aliphatic rings. The fourth-order valence-electron chi connectivity index (χ4n) is 2.90. The zero-order valence-electron chi connectivity index (χ0n) is 16.3. The number of esters is 1. The van der Waals surface area contributed by atoms with Crippen LogP contribution < -0.4 is 20.3 Å². The van der Waals surface area contributed by atoms with Gasteiger partial charge < -0.3 is 25.0 Å². The van der Waals surface area contributed by atoms with Gasteiger partial charge in [-0.25, -0.2) is 0 Å². The molecule has 0 aliphatic carbocycles. The molecule has 156 valence electrons. The first-order valence-electron chi connectivity index (χ1n) is 9.27. The summed E-state index contributed by atoms with van der Waals surface area (Å²) in [6.45, 7) is -0.450. The van der Waals surface area contributed by atoms with Gasteiger partial charge in [-0.1, -0.05) is 18.2 Å². The second-order valence-electron chi connectivity index (χ2n) is 6.42. The number of para-hydroxylation sites is 2. The number of amides is 3. The number of nitrogens with one attached hydrogen (secondary N) is 2. The molecule has 0 fully saturated rings. The summed E-state index contributed by atoms with van der Waals surface area (Å²) < 4.78 is 10.3. The summed E-state index contributed by atoms with van der Waals surface area (Å²) in [5.74, 6) is -1.11. The summed E-state index contributed by atoms with van der Waals surface area (Å²) in [5.41, 5.74) is 1.39. The first kappa shape index (κ1) is 20.8. The quantitative estimate of drug-likeness (QED) is 0.665. The number of ether oxygens (including phenoxy) is 2. The van der Waals surface area contributed by atoms with E-state index in [4.69, 9.17) is 9.47 Å².